The number of aromatic nitrogens is 3. The summed E-state index contributed by atoms with van der Waals surface area (Å²) in [6.07, 6.45) is -2.48. The molecule has 2 aromatic rings. The Labute approximate surface area is 130 Å². The predicted octanol–water partition coefficient (Wildman–Crippen LogP) is 3.56. The van der Waals surface area contributed by atoms with Crippen LogP contribution in [0, 0.1) is 4.77 Å². The third kappa shape index (κ3) is 2.51. The first-order valence-corrected chi connectivity index (χ1v) is 7.38. The van der Waals surface area contributed by atoms with E-state index >= 15 is 0 Å². The average Bonchev–Trinajstić information content (AvgIpc) is 3.08. The molecule has 1 aliphatic rings. The fourth-order valence-corrected chi connectivity index (χ4v) is 2.97. The molecule has 4 nitrogen and oxygen atoms in total. The molecule has 118 valence electrons. The highest BCUT2D eigenvalue weighted by molar-refractivity contribution is 7.71. The number of alkyl halides is 3. The van der Waals surface area contributed by atoms with Crippen molar-refractivity contribution in [2.45, 2.75) is 19.0 Å². The van der Waals surface area contributed by atoms with Crippen LogP contribution in [0.1, 0.15) is 18.7 Å². The number of halogens is 3. The fraction of sp³-hybridized carbons (Fsp3) is 0.429. The minimum absolute atomic E-state index is 0.0268. The highest BCUT2D eigenvalue weighted by Crippen LogP contribution is 2.34. The minimum Gasteiger partial charge on any atom is -0.370 e. The largest absolute Gasteiger partial charge is 0.452 e. The highest BCUT2D eigenvalue weighted by atomic mass is 32.1. The van der Waals surface area contributed by atoms with Gasteiger partial charge in [-0.1, -0.05) is 12.1 Å². The van der Waals surface area contributed by atoms with Crippen molar-refractivity contribution >= 4 is 17.9 Å². The number of anilines is 1. The van der Waals surface area contributed by atoms with Crippen molar-refractivity contribution in [3.8, 4) is 5.69 Å². The Balaban J connectivity index is 2.22. The molecule has 1 aromatic heterocycles. The van der Waals surface area contributed by atoms with E-state index in [-0.39, 0.29) is 4.77 Å². The molecule has 0 amide bonds. The zero-order valence-corrected chi connectivity index (χ0v) is 12.8. The molecule has 0 unspecified atom stereocenters. The summed E-state index contributed by atoms with van der Waals surface area (Å²) < 4.78 is 42.0. The highest BCUT2D eigenvalue weighted by Gasteiger charge is 2.39. The van der Waals surface area contributed by atoms with Crippen LogP contribution in [0.5, 0.6) is 0 Å². The summed E-state index contributed by atoms with van der Waals surface area (Å²) in [5, 5.41) is 3.56. The van der Waals surface area contributed by atoms with E-state index in [1.165, 1.54) is 7.05 Å². The lowest BCUT2D eigenvalue weighted by Crippen LogP contribution is -2.21. The molecule has 0 bridgehead atoms. The molecule has 2 heterocycles. The van der Waals surface area contributed by atoms with E-state index in [0.29, 0.717) is 5.69 Å². The summed E-state index contributed by atoms with van der Waals surface area (Å²) in [5.41, 5.74) is 1.18. The molecule has 0 aliphatic carbocycles. The van der Waals surface area contributed by atoms with Gasteiger partial charge in [0.05, 0.1) is 11.4 Å². The van der Waals surface area contributed by atoms with Crippen LogP contribution in [0.15, 0.2) is 24.3 Å². The van der Waals surface area contributed by atoms with Crippen LogP contribution in [0.2, 0.25) is 0 Å². The number of hydrogen-bond acceptors (Lipinski definition) is 3. The molecule has 1 aromatic carbocycles. The van der Waals surface area contributed by atoms with E-state index in [9.17, 15) is 13.2 Å². The summed E-state index contributed by atoms with van der Waals surface area (Å²) in [6.45, 7) is 1.68. The number of para-hydroxylation sites is 2. The number of rotatable bonds is 2. The second-order valence-corrected chi connectivity index (χ2v) is 5.61. The van der Waals surface area contributed by atoms with Gasteiger partial charge in [-0.3, -0.25) is 4.57 Å². The van der Waals surface area contributed by atoms with Crippen LogP contribution in [-0.4, -0.2) is 27.4 Å². The van der Waals surface area contributed by atoms with Gasteiger partial charge in [0, 0.05) is 20.1 Å². The number of benzene rings is 1. The Morgan fingerprint density at radius 1 is 1.09 bits per heavy atom. The van der Waals surface area contributed by atoms with E-state index in [2.05, 4.69) is 10.00 Å². The molecule has 0 saturated carbocycles. The second-order valence-electron chi connectivity index (χ2n) is 5.25. The number of nitrogens with zero attached hydrogens (tertiary/aromatic N) is 4. The lowest BCUT2D eigenvalue weighted by Gasteiger charge is -2.22. The van der Waals surface area contributed by atoms with Gasteiger partial charge in [0.25, 0.3) is 0 Å². The van der Waals surface area contributed by atoms with Gasteiger partial charge in [-0.15, -0.1) is 5.10 Å². The topological polar surface area (TPSA) is 26.0 Å². The molecule has 0 atom stereocenters. The van der Waals surface area contributed by atoms with Gasteiger partial charge < -0.3 is 4.90 Å². The molecule has 3 rings (SSSR count). The molecule has 8 heteroatoms. The molecular weight excluding hydrogens is 313 g/mol. The quantitative estimate of drug-likeness (QED) is 0.789. The zero-order valence-electron chi connectivity index (χ0n) is 12.0. The van der Waals surface area contributed by atoms with Gasteiger partial charge in [0.15, 0.2) is 0 Å². The Morgan fingerprint density at radius 2 is 1.68 bits per heavy atom. The monoisotopic (exact) mass is 328 g/mol. The van der Waals surface area contributed by atoms with Crippen molar-refractivity contribution < 1.29 is 13.2 Å². The van der Waals surface area contributed by atoms with E-state index < -0.39 is 12.0 Å². The van der Waals surface area contributed by atoms with Crippen molar-refractivity contribution in [3.05, 3.63) is 34.9 Å². The van der Waals surface area contributed by atoms with Gasteiger partial charge in [-0.25, -0.2) is 4.68 Å². The maximum atomic E-state index is 13.3. The summed E-state index contributed by atoms with van der Waals surface area (Å²) >= 11 is 5.14. The Morgan fingerprint density at radius 3 is 2.27 bits per heavy atom. The van der Waals surface area contributed by atoms with Crippen LogP contribution in [-0.2, 0) is 13.2 Å². The maximum Gasteiger partial charge on any atom is 0.452 e. The SMILES string of the molecule is Cn1nc(C(F)(F)F)n(-c2ccccc2N2CCCC2)c1=S. The van der Waals surface area contributed by atoms with Crippen LogP contribution in [0.3, 0.4) is 0 Å². The zero-order chi connectivity index (χ0) is 15.9. The lowest BCUT2D eigenvalue weighted by atomic mass is 10.2. The molecule has 1 fully saturated rings. The predicted molar refractivity (Wildman–Crippen MR) is 79.8 cm³/mol. The Hall–Kier alpha value is -1.83. The van der Waals surface area contributed by atoms with Crippen molar-refractivity contribution in [2.75, 3.05) is 18.0 Å². The van der Waals surface area contributed by atoms with E-state index in [4.69, 9.17) is 12.2 Å². The summed E-state index contributed by atoms with van der Waals surface area (Å²) in [5.74, 6) is -0.994. The molecule has 1 aliphatic heterocycles. The summed E-state index contributed by atoms with van der Waals surface area (Å²) in [6, 6.07) is 7.02. The van der Waals surface area contributed by atoms with Crippen LogP contribution >= 0.6 is 12.2 Å². The molecule has 0 spiro atoms. The summed E-state index contributed by atoms with van der Waals surface area (Å²) in [7, 11) is 1.42. The van der Waals surface area contributed by atoms with Crippen molar-refractivity contribution in [2.24, 2.45) is 7.05 Å². The average molecular weight is 328 g/mol. The number of hydrogen-bond donors (Lipinski definition) is 0. The first-order chi connectivity index (χ1) is 10.4. The minimum atomic E-state index is -4.56. The normalized spacial score (nSPS) is 15.5. The van der Waals surface area contributed by atoms with Gasteiger partial charge in [-0.05, 0) is 37.2 Å². The maximum absolute atomic E-state index is 13.3. The van der Waals surface area contributed by atoms with Crippen molar-refractivity contribution in [1.82, 2.24) is 14.3 Å². The first-order valence-electron chi connectivity index (χ1n) is 6.97. The Kier molecular flexibility index (Phi) is 3.72. The van der Waals surface area contributed by atoms with Crippen LogP contribution < -0.4 is 4.90 Å². The van der Waals surface area contributed by atoms with Crippen LogP contribution in [0.4, 0.5) is 18.9 Å². The molecule has 22 heavy (non-hydrogen) atoms. The van der Waals surface area contributed by atoms with Crippen molar-refractivity contribution in [1.29, 1.82) is 0 Å². The summed E-state index contributed by atoms with van der Waals surface area (Å²) in [4.78, 5) is 2.09. The van der Waals surface area contributed by atoms with Gasteiger partial charge >= 0.3 is 6.18 Å². The molecule has 0 N–H and O–H groups in total. The van der Waals surface area contributed by atoms with Crippen molar-refractivity contribution in [3.63, 3.8) is 0 Å². The Bertz CT molecular complexity index is 741. The number of aryl methyl sites for hydroxylation is 1. The molecular formula is C14H15F3N4S. The molecule has 1 saturated heterocycles. The molecule has 0 radical (unpaired) electrons. The lowest BCUT2D eigenvalue weighted by molar-refractivity contribution is -0.146. The van der Waals surface area contributed by atoms with E-state index in [0.717, 1.165) is 40.9 Å². The standard InChI is InChI=1S/C14H15F3N4S/c1-19-13(22)21(12(18-19)14(15,16)17)11-7-3-2-6-10(11)20-8-4-5-9-20/h2-3,6-7H,4-5,8-9H2,1H3. The fourth-order valence-electron chi connectivity index (χ4n) is 2.74. The first kappa shape index (κ1) is 15.1. The van der Waals surface area contributed by atoms with Gasteiger partial charge in [-0.2, -0.15) is 13.2 Å². The van der Waals surface area contributed by atoms with E-state index in [1.807, 2.05) is 12.1 Å². The third-order valence-electron chi connectivity index (χ3n) is 3.75. The van der Waals surface area contributed by atoms with Gasteiger partial charge in [0.1, 0.15) is 0 Å². The smallest absolute Gasteiger partial charge is 0.370 e. The third-order valence-corrected chi connectivity index (χ3v) is 4.19. The van der Waals surface area contributed by atoms with Gasteiger partial charge in [0.2, 0.25) is 10.6 Å². The van der Waals surface area contributed by atoms with Crippen LogP contribution in [0.25, 0.3) is 5.69 Å². The second kappa shape index (κ2) is 5.42. The van der Waals surface area contributed by atoms with E-state index in [1.54, 1.807) is 12.1 Å².